The highest BCUT2D eigenvalue weighted by Gasteiger charge is 2.45. The van der Waals surface area contributed by atoms with E-state index in [-0.39, 0.29) is 25.1 Å². The second-order valence-electron chi connectivity index (χ2n) is 10.1. The van der Waals surface area contributed by atoms with Crippen LogP contribution in [0.5, 0.6) is 0 Å². The third-order valence-electron chi connectivity index (χ3n) is 7.42. The van der Waals surface area contributed by atoms with Crippen LogP contribution >= 0.6 is 0 Å². The minimum Gasteiger partial charge on any atom is -0.375 e. The number of hydrogen-bond acceptors (Lipinski definition) is 3. The fraction of sp³-hybridized carbons (Fsp3) is 0.379. The molecule has 1 amide bonds. The average Bonchev–Trinajstić information content (AvgIpc) is 3.46. The van der Waals surface area contributed by atoms with Gasteiger partial charge in [-0.3, -0.25) is 9.78 Å². The molecule has 2 atom stereocenters. The molecule has 194 valence electrons. The normalized spacial score (nSPS) is 21.3. The van der Waals surface area contributed by atoms with Crippen LogP contribution in [0.3, 0.4) is 0 Å². The maximum atomic E-state index is 14.1. The quantitative estimate of drug-likeness (QED) is 0.394. The summed E-state index contributed by atoms with van der Waals surface area (Å²) in [5, 5.41) is 0. The lowest BCUT2D eigenvalue weighted by Gasteiger charge is -2.36. The minimum atomic E-state index is -4.48. The lowest BCUT2D eigenvalue weighted by Crippen LogP contribution is -2.47. The van der Waals surface area contributed by atoms with E-state index in [0.29, 0.717) is 37.3 Å². The van der Waals surface area contributed by atoms with E-state index in [2.05, 4.69) is 27.8 Å². The van der Waals surface area contributed by atoms with E-state index in [1.807, 2.05) is 50.3 Å². The molecule has 0 bridgehead atoms. The second kappa shape index (κ2) is 9.82. The van der Waals surface area contributed by atoms with Gasteiger partial charge in [-0.15, -0.1) is 0 Å². The van der Waals surface area contributed by atoms with Gasteiger partial charge >= 0.3 is 6.18 Å². The van der Waals surface area contributed by atoms with Crippen molar-refractivity contribution in [1.29, 1.82) is 0 Å². The standard InChI is InChI=1S/C29H30F3N3O2/c1-20-8-9-21(2)35(20)25-10-12-28(15-25,19-37-18-22-6-4-3-5-7-22)27(36)34-13-11-26-23(17-34)14-24(16-33-26)29(30,31)32/h3-10,12,14,16,25H,11,13,15,17-19H2,1-2H3/t25?,28-/m0/s1. The Morgan fingerprint density at radius 3 is 2.57 bits per heavy atom. The van der Waals surface area contributed by atoms with Gasteiger partial charge in [-0.2, -0.15) is 13.2 Å². The third kappa shape index (κ3) is 5.07. The number of benzene rings is 1. The molecule has 1 unspecified atom stereocenters. The van der Waals surface area contributed by atoms with Gasteiger partial charge in [0.25, 0.3) is 0 Å². The first-order chi connectivity index (χ1) is 17.7. The summed E-state index contributed by atoms with van der Waals surface area (Å²) in [6.07, 6.45) is 1.36. The highest BCUT2D eigenvalue weighted by Crippen LogP contribution is 2.42. The highest BCUT2D eigenvalue weighted by molar-refractivity contribution is 5.86. The summed E-state index contributed by atoms with van der Waals surface area (Å²) in [5.41, 5.74) is 2.60. The summed E-state index contributed by atoms with van der Waals surface area (Å²) >= 11 is 0. The fourth-order valence-electron chi connectivity index (χ4n) is 5.51. The molecule has 0 fully saturated rings. The van der Waals surface area contributed by atoms with E-state index in [1.54, 1.807) is 4.90 Å². The first-order valence-electron chi connectivity index (χ1n) is 12.5. The number of aryl methyl sites for hydroxylation is 2. The first kappa shape index (κ1) is 25.3. The fourth-order valence-corrected chi connectivity index (χ4v) is 5.51. The third-order valence-corrected chi connectivity index (χ3v) is 7.42. The van der Waals surface area contributed by atoms with Gasteiger partial charge in [-0.05, 0) is 49.6 Å². The summed E-state index contributed by atoms with van der Waals surface area (Å²) in [6.45, 7) is 5.16. The van der Waals surface area contributed by atoms with Crippen molar-refractivity contribution >= 4 is 5.91 Å². The summed E-state index contributed by atoms with van der Waals surface area (Å²) in [7, 11) is 0. The van der Waals surface area contributed by atoms with Gasteiger partial charge in [-0.1, -0.05) is 42.5 Å². The molecule has 3 heterocycles. The van der Waals surface area contributed by atoms with E-state index < -0.39 is 17.2 Å². The second-order valence-corrected chi connectivity index (χ2v) is 10.1. The van der Waals surface area contributed by atoms with Crippen LogP contribution in [0.1, 0.15) is 46.2 Å². The molecular formula is C29H30F3N3O2. The highest BCUT2D eigenvalue weighted by atomic mass is 19.4. The van der Waals surface area contributed by atoms with Gasteiger partial charge in [0.1, 0.15) is 0 Å². The molecule has 5 nitrogen and oxygen atoms in total. The summed E-state index contributed by atoms with van der Waals surface area (Å²) in [5.74, 6) is -0.121. The van der Waals surface area contributed by atoms with Crippen molar-refractivity contribution in [3.8, 4) is 0 Å². The summed E-state index contributed by atoms with van der Waals surface area (Å²) < 4.78 is 48.2. The molecule has 5 rings (SSSR count). The Morgan fingerprint density at radius 2 is 1.86 bits per heavy atom. The molecule has 0 radical (unpaired) electrons. The average molecular weight is 510 g/mol. The Kier molecular flexibility index (Phi) is 6.70. The lowest BCUT2D eigenvalue weighted by atomic mass is 9.85. The molecule has 1 aliphatic carbocycles. The smallest absolute Gasteiger partial charge is 0.375 e. The van der Waals surface area contributed by atoms with Crippen LogP contribution in [0, 0.1) is 19.3 Å². The van der Waals surface area contributed by atoms with Crippen LogP contribution < -0.4 is 0 Å². The zero-order valence-electron chi connectivity index (χ0n) is 21.0. The Bertz CT molecular complexity index is 1300. The number of carbonyl (C=O) groups excluding carboxylic acids is 1. The van der Waals surface area contributed by atoms with Crippen LogP contribution in [0.4, 0.5) is 13.2 Å². The maximum Gasteiger partial charge on any atom is 0.417 e. The molecule has 0 saturated carbocycles. The van der Waals surface area contributed by atoms with Crippen LogP contribution in [0.25, 0.3) is 0 Å². The molecular weight excluding hydrogens is 479 g/mol. The molecule has 1 aliphatic heterocycles. The van der Waals surface area contributed by atoms with E-state index >= 15 is 0 Å². The first-order valence-corrected chi connectivity index (χ1v) is 12.5. The van der Waals surface area contributed by atoms with Crippen molar-refractivity contribution in [1.82, 2.24) is 14.5 Å². The molecule has 2 aromatic heterocycles. The Hall–Kier alpha value is -3.39. The van der Waals surface area contributed by atoms with Crippen LogP contribution in [-0.4, -0.2) is 33.5 Å². The van der Waals surface area contributed by atoms with Gasteiger partial charge in [0.2, 0.25) is 5.91 Å². The number of fused-ring (bicyclic) bond motifs is 1. The number of rotatable bonds is 6. The molecule has 0 spiro atoms. The monoisotopic (exact) mass is 509 g/mol. The number of pyridine rings is 1. The number of nitrogens with zero attached hydrogens (tertiary/aromatic N) is 3. The van der Waals surface area contributed by atoms with Crippen LogP contribution in [0.15, 0.2) is 66.9 Å². The van der Waals surface area contributed by atoms with Crippen molar-refractivity contribution in [2.24, 2.45) is 5.41 Å². The number of halogens is 3. The molecule has 0 saturated heterocycles. The SMILES string of the molecule is Cc1ccc(C)n1C1C=C[C@](COCc2ccccc2)(C(=O)N2CCc3ncc(C(F)(F)F)cc3C2)C1. The van der Waals surface area contributed by atoms with Gasteiger partial charge in [0, 0.05) is 42.8 Å². The predicted molar refractivity (Wildman–Crippen MR) is 134 cm³/mol. The number of hydrogen-bond donors (Lipinski definition) is 0. The topological polar surface area (TPSA) is 47.4 Å². The van der Waals surface area contributed by atoms with E-state index in [1.165, 1.54) is 0 Å². The molecule has 8 heteroatoms. The number of ether oxygens (including phenoxy) is 1. The lowest BCUT2D eigenvalue weighted by molar-refractivity contribution is -0.144. The number of amides is 1. The van der Waals surface area contributed by atoms with Gasteiger partial charge in [-0.25, -0.2) is 0 Å². The molecule has 2 aliphatic rings. The number of carbonyl (C=O) groups is 1. The summed E-state index contributed by atoms with van der Waals surface area (Å²) in [6, 6.07) is 15.0. The molecule has 37 heavy (non-hydrogen) atoms. The van der Waals surface area contributed by atoms with Crippen molar-refractivity contribution in [2.75, 3.05) is 13.2 Å². The Morgan fingerprint density at radius 1 is 1.14 bits per heavy atom. The van der Waals surface area contributed by atoms with Crippen LogP contribution in [-0.2, 0) is 35.3 Å². The van der Waals surface area contributed by atoms with Crippen molar-refractivity contribution in [3.05, 3.63) is 101 Å². The maximum absolute atomic E-state index is 14.1. The Balaban J connectivity index is 1.39. The zero-order valence-corrected chi connectivity index (χ0v) is 21.0. The molecule has 1 aromatic carbocycles. The van der Waals surface area contributed by atoms with Gasteiger partial charge in [0.15, 0.2) is 0 Å². The van der Waals surface area contributed by atoms with E-state index in [0.717, 1.165) is 29.2 Å². The minimum absolute atomic E-state index is 0.00477. The van der Waals surface area contributed by atoms with Crippen molar-refractivity contribution < 1.29 is 22.7 Å². The number of allylic oxidation sites excluding steroid dienone is 1. The largest absolute Gasteiger partial charge is 0.417 e. The zero-order chi connectivity index (χ0) is 26.2. The summed E-state index contributed by atoms with van der Waals surface area (Å²) in [4.78, 5) is 19.8. The predicted octanol–water partition coefficient (Wildman–Crippen LogP) is 5.81. The molecule has 3 aromatic rings. The van der Waals surface area contributed by atoms with Crippen LogP contribution in [0.2, 0.25) is 0 Å². The van der Waals surface area contributed by atoms with Crippen molar-refractivity contribution in [3.63, 3.8) is 0 Å². The van der Waals surface area contributed by atoms with Gasteiger partial charge in [0.05, 0.1) is 30.2 Å². The molecule has 0 N–H and O–H groups in total. The van der Waals surface area contributed by atoms with Gasteiger partial charge < -0.3 is 14.2 Å². The number of aromatic nitrogens is 2. The Labute approximate surface area is 214 Å². The van der Waals surface area contributed by atoms with Crippen molar-refractivity contribution in [2.45, 2.75) is 52.1 Å². The number of alkyl halides is 3. The van der Waals surface area contributed by atoms with E-state index in [9.17, 15) is 18.0 Å². The van der Waals surface area contributed by atoms with E-state index in [4.69, 9.17) is 4.74 Å².